The third kappa shape index (κ3) is 4.63. The van der Waals surface area contributed by atoms with Gasteiger partial charge in [0, 0.05) is 24.4 Å². The van der Waals surface area contributed by atoms with Gasteiger partial charge in [0.25, 0.3) is 5.69 Å². The molecule has 106 valence electrons. The van der Waals surface area contributed by atoms with Crippen molar-refractivity contribution in [2.24, 2.45) is 0 Å². The number of anilines is 1. The van der Waals surface area contributed by atoms with Crippen LogP contribution in [0.2, 0.25) is 0 Å². The van der Waals surface area contributed by atoms with Gasteiger partial charge in [-0.15, -0.1) is 0 Å². The minimum absolute atomic E-state index is 0.0284. The van der Waals surface area contributed by atoms with E-state index in [4.69, 9.17) is 0 Å². The number of thioether (sulfide) groups is 1. The first-order valence-electron chi connectivity index (χ1n) is 5.35. The Balaban J connectivity index is 2.94. The van der Waals surface area contributed by atoms with Gasteiger partial charge in [0.1, 0.15) is 11.5 Å². The molecular weight excluding hydrogens is 339 g/mol. The monoisotopic (exact) mass is 352 g/mol. The van der Waals surface area contributed by atoms with Gasteiger partial charge in [-0.2, -0.15) is 11.8 Å². The molecule has 19 heavy (non-hydrogen) atoms. The molecule has 0 aliphatic heterocycles. The SMILES string of the molecule is CSCC(C)(O)CNc1cc(F)c(Br)cc1[N+](=O)[O-]. The van der Waals surface area contributed by atoms with Crippen molar-refractivity contribution < 1.29 is 14.4 Å². The van der Waals surface area contributed by atoms with E-state index in [-0.39, 0.29) is 22.4 Å². The highest BCUT2D eigenvalue weighted by Gasteiger charge is 2.23. The molecule has 0 aromatic heterocycles. The summed E-state index contributed by atoms with van der Waals surface area (Å²) in [6, 6.07) is 2.14. The maximum Gasteiger partial charge on any atom is 0.293 e. The molecule has 2 N–H and O–H groups in total. The molecular formula is C11H14BrFN2O3S. The van der Waals surface area contributed by atoms with Crippen LogP contribution < -0.4 is 5.32 Å². The highest BCUT2D eigenvalue weighted by molar-refractivity contribution is 9.10. The number of halogens is 2. The number of nitro benzene ring substituents is 1. The Kier molecular flexibility index (Phi) is 5.57. The van der Waals surface area contributed by atoms with E-state index in [9.17, 15) is 19.6 Å². The van der Waals surface area contributed by atoms with Crippen LogP contribution in [0.3, 0.4) is 0 Å². The Labute approximate surface area is 122 Å². The fourth-order valence-corrected chi connectivity index (χ4v) is 2.53. The molecule has 1 aromatic rings. The first kappa shape index (κ1) is 16.2. The molecule has 1 rings (SSSR count). The van der Waals surface area contributed by atoms with Gasteiger partial charge in [0.05, 0.1) is 15.0 Å². The summed E-state index contributed by atoms with van der Waals surface area (Å²) < 4.78 is 13.4. The average molecular weight is 353 g/mol. The maximum atomic E-state index is 13.4. The van der Waals surface area contributed by atoms with Crippen LogP contribution >= 0.6 is 27.7 Å². The van der Waals surface area contributed by atoms with Gasteiger partial charge in [0.15, 0.2) is 0 Å². The van der Waals surface area contributed by atoms with Crippen molar-refractivity contribution in [2.45, 2.75) is 12.5 Å². The number of hydrogen-bond donors (Lipinski definition) is 2. The second-order valence-corrected chi connectivity index (χ2v) is 6.04. The molecule has 5 nitrogen and oxygen atoms in total. The highest BCUT2D eigenvalue weighted by Crippen LogP contribution is 2.31. The largest absolute Gasteiger partial charge is 0.387 e. The van der Waals surface area contributed by atoms with E-state index < -0.39 is 16.3 Å². The Bertz CT molecular complexity index is 485. The molecule has 0 bridgehead atoms. The lowest BCUT2D eigenvalue weighted by Crippen LogP contribution is -2.36. The average Bonchev–Trinajstić information content (AvgIpc) is 2.30. The van der Waals surface area contributed by atoms with Crippen molar-refractivity contribution in [2.75, 3.05) is 23.9 Å². The topological polar surface area (TPSA) is 75.4 Å². The summed E-state index contributed by atoms with van der Waals surface area (Å²) in [5.74, 6) is -0.134. The lowest BCUT2D eigenvalue weighted by atomic mass is 10.1. The zero-order valence-corrected chi connectivity index (χ0v) is 12.8. The van der Waals surface area contributed by atoms with Gasteiger partial charge in [-0.3, -0.25) is 10.1 Å². The Morgan fingerprint density at radius 3 is 2.79 bits per heavy atom. The predicted molar refractivity (Wildman–Crippen MR) is 78.2 cm³/mol. The molecule has 0 heterocycles. The number of nitrogens with zero attached hydrogens (tertiary/aromatic N) is 1. The first-order valence-corrected chi connectivity index (χ1v) is 7.54. The van der Waals surface area contributed by atoms with Crippen LogP contribution in [0.25, 0.3) is 0 Å². The third-order valence-electron chi connectivity index (χ3n) is 2.35. The second kappa shape index (κ2) is 6.53. The van der Waals surface area contributed by atoms with Crippen LogP contribution in [0.4, 0.5) is 15.8 Å². The molecule has 0 radical (unpaired) electrons. The molecule has 0 saturated carbocycles. The Hall–Kier alpha value is -0.860. The zero-order chi connectivity index (χ0) is 14.6. The van der Waals surface area contributed by atoms with Crippen molar-refractivity contribution in [1.29, 1.82) is 0 Å². The molecule has 1 atom stereocenters. The summed E-state index contributed by atoms with van der Waals surface area (Å²) in [6.45, 7) is 1.70. The molecule has 0 aliphatic rings. The van der Waals surface area contributed by atoms with Gasteiger partial charge in [0.2, 0.25) is 0 Å². The number of nitrogens with one attached hydrogen (secondary N) is 1. The second-order valence-electron chi connectivity index (χ2n) is 4.32. The number of rotatable bonds is 6. The standard InChI is InChI=1S/C11H14BrFN2O3S/c1-11(16,6-19-2)5-14-9-4-8(13)7(12)3-10(9)15(17)18/h3-4,14,16H,5-6H2,1-2H3. The molecule has 1 aromatic carbocycles. The van der Waals surface area contributed by atoms with Gasteiger partial charge < -0.3 is 10.4 Å². The fraction of sp³-hybridized carbons (Fsp3) is 0.455. The van der Waals surface area contributed by atoms with Gasteiger partial charge in [-0.1, -0.05) is 0 Å². The van der Waals surface area contributed by atoms with Crippen molar-refractivity contribution in [3.63, 3.8) is 0 Å². The molecule has 0 fully saturated rings. The summed E-state index contributed by atoms with van der Waals surface area (Å²) in [6.07, 6.45) is 1.84. The van der Waals surface area contributed by atoms with Gasteiger partial charge in [-0.25, -0.2) is 4.39 Å². The van der Waals surface area contributed by atoms with Crippen molar-refractivity contribution in [1.82, 2.24) is 0 Å². The number of benzene rings is 1. The van der Waals surface area contributed by atoms with Crippen LogP contribution in [0, 0.1) is 15.9 Å². The van der Waals surface area contributed by atoms with Crippen molar-refractivity contribution in [3.8, 4) is 0 Å². The summed E-state index contributed by atoms with van der Waals surface area (Å²) in [4.78, 5) is 10.3. The maximum absolute atomic E-state index is 13.4. The fourth-order valence-electron chi connectivity index (χ4n) is 1.48. The van der Waals surface area contributed by atoms with E-state index in [0.29, 0.717) is 5.75 Å². The van der Waals surface area contributed by atoms with Crippen LogP contribution in [-0.4, -0.2) is 34.2 Å². The minimum Gasteiger partial charge on any atom is -0.387 e. The summed E-state index contributed by atoms with van der Waals surface area (Å²) in [5, 5.41) is 23.6. The minimum atomic E-state index is -1.03. The van der Waals surface area contributed by atoms with Crippen LogP contribution in [0.15, 0.2) is 16.6 Å². The number of aliphatic hydroxyl groups is 1. The zero-order valence-electron chi connectivity index (χ0n) is 10.4. The normalized spacial score (nSPS) is 13.9. The molecule has 0 amide bonds. The molecule has 0 aliphatic carbocycles. The number of nitro groups is 1. The predicted octanol–water partition coefficient (Wildman–Crippen LogP) is 3.02. The first-order chi connectivity index (χ1) is 8.76. The highest BCUT2D eigenvalue weighted by atomic mass is 79.9. The third-order valence-corrected chi connectivity index (χ3v) is 3.87. The molecule has 0 spiro atoms. The summed E-state index contributed by atoms with van der Waals surface area (Å²) in [5.41, 5.74) is -1.23. The number of hydrogen-bond acceptors (Lipinski definition) is 5. The quantitative estimate of drug-likeness (QED) is 0.607. The summed E-state index contributed by atoms with van der Waals surface area (Å²) in [7, 11) is 0. The van der Waals surface area contributed by atoms with E-state index in [0.717, 1.165) is 12.1 Å². The Morgan fingerprint density at radius 1 is 1.63 bits per heavy atom. The van der Waals surface area contributed by atoms with Crippen LogP contribution in [0.1, 0.15) is 6.92 Å². The van der Waals surface area contributed by atoms with Crippen molar-refractivity contribution >= 4 is 39.1 Å². The van der Waals surface area contributed by atoms with E-state index in [1.807, 2.05) is 6.26 Å². The smallest absolute Gasteiger partial charge is 0.293 e. The summed E-state index contributed by atoms with van der Waals surface area (Å²) >= 11 is 4.36. The van der Waals surface area contributed by atoms with Gasteiger partial charge >= 0.3 is 0 Å². The lowest BCUT2D eigenvalue weighted by molar-refractivity contribution is -0.384. The van der Waals surface area contributed by atoms with E-state index in [1.165, 1.54) is 11.8 Å². The lowest BCUT2D eigenvalue weighted by Gasteiger charge is -2.23. The van der Waals surface area contributed by atoms with E-state index >= 15 is 0 Å². The molecule has 1 unspecified atom stereocenters. The molecule has 0 saturated heterocycles. The van der Waals surface area contributed by atoms with E-state index in [2.05, 4.69) is 21.2 Å². The van der Waals surface area contributed by atoms with Crippen LogP contribution in [0.5, 0.6) is 0 Å². The molecule has 8 heteroatoms. The van der Waals surface area contributed by atoms with Crippen LogP contribution in [-0.2, 0) is 0 Å². The van der Waals surface area contributed by atoms with Crippen molar-refractivity contribution in [3.05, 3.63) is 32.5 Å². The van der Waals surface area contributed by atoms with E-state index in [1.54, 1.807) is 6.92 Å². The van der Waals surface area contributed by atoms with Gasteiger partial charge in [-0.05, 0) is 29.1 Å². The Morgan fingerprint density at radius 2 is 2.26 bits per heavy atom.